The standard InChI is InChI=1S/C15H23N3O2S/c1-10(13-8-11-4-5-12(13)7-11)18-21(19,20)15-3-2-6-17-14(15)9-16/h2-3,6,10-13,18H,4-5,7-9,16H2,1H3. The number of nitrogens with two attached hydrogens (primary N) is 1. The maximum atomic E-state index is 12.6. The van der Waals surface area contributed by atoms with Gasteiger partial charge in [0.1, 0.15) is 4.90 Å². The number of hydrogen-bond donors (Lipinski definition) is 2. The molecule has 4 unspecified atom stereocenters. The molecule has 0 aliphatic heterocycles. The molecule has 0 radical (unpaired) electrons. The van der Waals surface area contributed by atoms with E-state index in [9.17, 15) is 8.42 Å². The SMILES string of the molecule is CC(NS(=O)(=O)c1cccnc1CN)C1CC2CCC1C2. The molecule has 6 heteroatoms. The van der Waals surface area contributed by atoms with Gasteiger partial charge in [0.15, 0.2) is 0 Å². The van der Waals surface area contributed by atoms with Crippen LogP contribution < -0.4 is 10.5 Å². The van der Waals surface area contributed by atoms with Crippen LogP contribution in [0.2, 0.25) is 0 Å². The predicted molar refractivity (Wildman–Crippen MR) is 80.8 cm³/mol. The molecule has 2 aliphatic carbocycles. The minimum atomic E-state index is -3.55. The van der Waals surface area contributed by atoms with E-state index < -0.39 is 10.0 Å². The summed E-state index contributed by atoms with van der Waals surface area (Å²) in [5.41, 5.74) is 6.02. The molecule has 0 saturated heterocycles. The van der Waals surface area contributed by atoms with E-state index in [1.807, 2.05) is 6.92 Å². The fourth-order valence-electron chi connectivity index (χ4n) is 4.12. The van der Waals surface area contributed by atoms with Crippen molar-refractivity contribution in [3.8, 4) is 0 Å². The van der Waals surface area contributed by atoms with Gasteiger partial charge >= 0.3 is 0 Å². The molecule has 1 heterocycles. The molecule has 1 aromatic heterocycles. The van der Waals surface area contributed by atoms with Gasteiger partial charge in [-0.25, -0.2) is 13.1 Å². The Morgan fingerprint density at radius 2 is 2.24 bits per heavy atom. The highest BCUT2D eigenvalue weighted by Gasteiger charge is 2.42. The Balaban J connectivity index is 1.77. The van der Waals surface area contributed by atoms with Gasteiger partial charge in [-0.15, -0.1) is 0 Å². The Labute approximate surface area is 126 Å². The van der Waals surface area contributed by atoms with Crippen LogP contribution in [-0.2, 0) is 16.6 Å². The minimum Gasteiger partial charge on any atom is -0.325 e. The first-order chi connectivity index (χ1) is 10.0. The Bertz CT molecular complexity index is 617. The summed E-state index contributed by atoms with van der Waals surface area (Å²) < 4.78 is 28.0. The fraction of sp³-hybridized carbons (Fsp3) is 0.667. The second-order valence-electron chi connectivity index (χ2n) is 6.40. The molecule has 0 spiro atoms. The monoisotopic (exact) mass is 309 g/mol. The van der Waals surface area contributed by atoms with Gasteiger partial charge in [-0.1, -0.05) is 6.42 Å². The molecule has 2 saturated carbocycles. The summed E-state index contributed by atoms with van der Waals surface area (Å²) in [6, 6.07) is 3.18. The van der Waals surface area contributed by atoms with Crippen LogP contribution >= 0.6 is 0 Å². The van der Waals surface area contributed by atoms with Gasteiger partial charge in [0.2, 0.25) is 10.0 Å². The Morgan fingerprint density at radius 1 is 1.43 bits per heavy atom. The lowest BCUT2D eigenvalue weighted by Gasteiger charge is -2.28. The average Bonchev–Trinajstić information content (AvgIpc) is 3.09. The van der Waals surface area contributed by atoms with Crippen molar-refractivity contribution in [2.24, 2.45) is 23.5 Å². The summed E-state index contributed by atoms with van der Waals surface area (Å²) in [4.78, 5) is 4.27. The molecule has 21 heavy (non-hydrogen) atoms. The average molecular weight is 309 g/mol. The van der Waals surface area contributed by atoms with Crippen molar-refractivity contribution >= 4 is 10.0 Å². The maximum absolute atomic E-state index is 12.6. The number of pyridine rings is 1. The third-order valence-corrected chi connectivity index (χ3v) is 6.74. The van der Waals surface area contributed by atoms with Crippen molar-refractivity contribution in [1.29, 1.82) is 0 Å². The molecular formula is C15H23N3O2S. The molecule has 5 nitrogen and oxygen atoms in total. The van der Waals surface area contributed by atoms with Crippen LogP contribution in [0.4, 0.5) is 0 Å². The highest BCUT2D eigenvalue weighted by atomic mass is 32.2. The van der Waals surface area contributed by atoms with Crippen LogP contribution in [0, 0.1) is 17.8 Å². The van der Waals surface area contributed by atoms with Crippen LogP contribution in [0.3, 0.4) is 0 Å². The van der Waals surface area contributed by atoms with Gasteiger partial charge in [-0.2, -0.15) is 0 Å². The molecule has 4 atom stereocenters. The first-order valence-electron chi connectivity index (χ1n) is 7.67. The van der Waals surface area contributed by atoms with Crippen LogP contribution in [-0.4, -0.2) is 19.4 Å². The number of hydrogen-bond acceptors (Lipinski definition) is 4. The first kappa shape index (κ1) is 14.9. The zero-order valence-electron chi connectivity index (χ0n) is 12.3. The maximum Gasteiger partial charge on any atom is 0.242 e. The lowest BCUT2D eigenvalue weighted by Crippen LogP contribution is -2.40. The molecular weight excluding hydrogens is 286 g/mol. The molecule has 116 valence electrons. The summed E-state index contributed by atoms with van der Waals surface area (Å²) >= 11 is 0. The number of aromatic nitrogens is 1. The third-order valence-electron chi connectivity index (χ3n) is 5.11. The summed E-state index contributed by atoms with van der Waals surface area (Å²) in [7, 11) is -3.55. The largest absolute Gasteiger partial charge is 0.325 e. The van der Waals surface area contributed by atoms with Gasteiger partial charge in [-0.05, 0) is 56.1 Å². The topological polar surface area (TPSA) is 85.1 Å². The quantitative estimate of drug-likeness (QED) is 0.866. The number of rotatable bonds is 5. The van der Waals surface area contributed by atoms with Crippen molar-refractivity contribution < 1.29 is 8.42 Å². The van der Waals surface area contributed by atoms with Crippen LogP contribution in [0.25, 0.3) is 0 Å². The molecule has 3 rings (SSSR count). The molecule has 0 aromatic carbocycles. The molecule has 2 fully saturated rings. The van der Waals surface area contributed by atoms with E-state index in [1.165, 1.54) is 19.3 Å². The summed E-state index contributed by atoms with van der Waals surface area (Å²) in [5.74, 6) is 1.97. The van der Waals surface area contributed by atoms with E-state index >= 15 is 0 Å². The minimum absolute atomic E-state index is 0.0314. The van der Waals surface area contributed by atoms with Gasteiger partial charge in [0.05, 0.1) is 5.69 Å². The second kappa shape index (κ2) is 5.66. The lowest BCUT2D eigenvalue weighted by molar-refractivity contribution is 0.280. The lowest BCUT2D eigenvalue weighted by atomic mass is 9.84. The van der Waals surface area contributed by atoms with Gasteiger partial charge in [0, 0.05) is 18.8 Å². The van der Waals surface area contributed by atoms with Crippen LogP contribution in [0.5, 0.6) is 0 Å². The summed E-state index contributed by atoms with van der Waals surface area (Å²) in [6.45, 7) is 2.11. The number of nitrogens with one attached hydrogen (secondary N) is 1. The third kappa shape index (κ3) is 2.84. The van der Waals surface area contributed by atoms with Gasteiger partial charge < -0.3 is 5.73 Å². The Hall–Kier alpha value is -0.980. The van der Waals surface area contributed by atoms with E-state index in [0.29, 0.717) is 17.5 Å². The fourth-order valence-corrected chi connectivity index (χ4v) is 5.62. The summed E-state index contributed by atoms with van der Waals surface area (Å²) in [5, 5.41) is 0. The summed E-state index contributed by atoms with van der Waals surface area (Å²) in [6.07, 6.45) is 6.58. The van der Waals surface area contributed by atoms with Crippen molar-refractivity contribution in [3.05, 3.63) is 24.0 Å². The van der Waals surface area contributed by atoms with Crippen LogP contribution in [0.15, 0.2) is 23.2 Å². The van der Waals surface area contributed by atoms with E-state index in [1.54, 1.807) is 18.3 Å². The van der Waals surface area contributed by atoms with Gasteiger partial charge in [0.25, 0.3) is 0 Å². The van der Waals surface area contributed by atoms with E-state index in [-0.39, 0.29) is 17.5 Å². The second-order valence-corrected chi connectivity index (χ2v) is 8.08. The number of sulfonamides is 1. The van der Waals surface area contributed by atoms with E-state index in [4.69, 9.17) is 5.73 Å². The molecule has 2 bridgehead atoms. The molecule has 2 aliphatic rings. The normalized spacial score (nSPS) is 29.7. The number of nitrogens with zero attached hydrogens (tertiary/aromatic N) is 1. The molecule has 3 N–H and O–H groups in total. The zero-order valence-corrected chi connectivity index (χ0v) is 13.1. The van der Waals surface area contributed by atoms with Crippen molar-refractivity contribution in [3.63, 3.8) is 0 Å². The highest BCUT2D eigenvalue weighted by molar-refractivity contribution is 7.89. The molecule has 0 amide bonds. The Morgan fingerprint density at radius 3 is 2.86 bits per heavy atom. The van der Waals surface area contributed by atoms with E-state index in [0.717, 1.165) is 12.3 Å². The van der Waals surface area contributed by atoms with Crippen molar-refractivity contribution in [1.82, 2.24) is 9.71 Å². The van der Waals surface area contributed by atoms with Gasteiger partial charge in [-0.3, -0.25) is 4.98 Å². The smallest absolute Gasteiger partial charge is 0.242 e. The van der Waals surface area contributed by atoms with Crippen LogP contribution in [0.1, 0.15) is 38.3 Å². The predicted octanol–water partition coefficient (Wildman–Crippen LogP) is 1.64. The Kier molecular flexibility index (Phi) is 4.03. The zero-order chi connectivity index (χ0) is 15.0. The molecule has 1 aromatic rings. The number of fused-ring (bicyclic) bond motifs is 2. The first-order valence-corrected chi connectivity index (χ1v) is 9.16. The van der Waals surface area contributed by atoms with Crippen molar-refractivity contribution in [2.75, 3.05) is 0 Å². The van der Waals surface area contributed by atoms with E-state index in [2.05, 4.69) is 9.71 Å². The highest BCUT2D eigenvalue weighted by Crippen LogP contribution is 2.49. The van der Waals surface area contributed by atoms with Crippen molar-refractivity contribution in [2.45, 2.75) is 50.1 Å².